The summed E-state index contributed by atoms with van der Waals surface area (Å²) in [6.07, 6.45) is 0. The molecule has 0 aliphatic carbocycles. The van der Waals surface area contributed by atoms with E-state index in [-0.39, 0.29) is 11.5 Å². The number of hydrogen-bond acceptors (Lipinski definition) is 1. The SMILES string of the molecule is Cc1ccc2c(F)c(N)ccc2c1. The van der Waals surface area contributed by atoms with Gasteiger partial charge in [0.15, 0.2) is 5.82 Å². The summed E-state index contributed by atoms with van der Waals surface area (Å²) in [4.78, 5) is 0. The summed E-state index contributed by atoms with van der Waals surface area (Å²) in [7, 11) is 0. The maximum absolute atomic E-state index is 13.4. The highest BCUT2D eigenvalue weighted by Gasteiger charge is 2.03. The molecule has 0 aliphatic heterocycles. The topological polar surface area (TPSA) is 26.0 Å². The van der Waals surface area contributed by atoms with Crippen molar-refractivity contribution in [2.24, 2.45) is 0 Å². The molecule has 1 nitrogen and oxygen atoms in total. The molecule has 0 unspecified atom stereocenters. The van der Waals surface area contributed by atoms with Gasteiger partial charge in [-0.2, -0.15) is 0 Å². The van der Waals surface area contributed by atoms with Gasteiger partial charge in [-0.3, -0.25) is 0 Å². The summed E-state index contributed by atoms with van der Waals surface area (Å²) in [6, 6.07) is 9.01. The van der Waals surface area contributed by atoms with Crippen molar-refractivity contribution in [2.45, 2.75) is 6.92 Å². The predicted octanol–water partition coefficient (Wildman–Crippen LogP) is 2.87. The Morgan fingerprint density at radius 1 is 1.15 bits per heavy atom. The van der Waals surface area contributed by atoms with Crippen molar-refractivity contribution in [3.63, 3.8) is 0 Å². The lowest BCUT2D eigenvalue weighted by Gasteiger charge is -2.02. The van der Waals surface area contributed by atoms with Gasteiger partial charge in [0.1, 0.15) is 0 Å². The van der Waals surface area contributed by atoms with Crippen molar-refractivity contribution in [1.29, 1.82) is 0 Å². The Morgan fingerprint density at radius 3 is 2.69 bits per heavy atom. The molecule has 0 atom stereocenters. The largest absolute Gasteiger partial charge is 0.396 e. The van der Waals surface area contributed by atoms with Gasteiger partial charge in [0.2, 0.25) is 0 Å². The summed E-state index contributed by atoms with van der Waals surface area (Å²) >= 11 is 0. The molecule has 0 saturated heterocycles. The number of nitrogen functional groups attached to an aromatic ring is 1. The molecule has 0 spiro atoms. The Balaban J connectivity index is 2.87. The molecule has 2 rings (SSSR count). The monoisotopic (exact) mass is 175 g/mol. The van der Waals surface area contributed by atoms with E-state index in [0.717, 1.165) is 10.9 Å². The second kappa shape index (κ2) is 2.73. The van der Waals surface area contributed by atoms with Crippen LogP contribution in [-0.4, -0.2) is 0 Å². The van der Waals surface area contributed by atoms with E-state index in [0.29, 0.717) is 5.39 Å². The van der Waals surface area contributed by atoms with Crippen LogP contribution in [0.2, 0.25) is 0 Å². The van der Waals surface area contributed by atoms with Crippen LogP contribution >= 0.6 is 0 Å². The molecule has 0 aliphatic rings. The van der Waals surface area contributed by atoms with Gasteiger partial charge in [-0.05, 0) is 18.4 Å². The molecule has 13 heavy (non-hydrogen) atoms. The molecule has 0 fully saturated rings. The van der Waals surface area contributed by atoms with Crippen LogP contribution in [0.15, 0.2) is 30.3 Å². The maximum Gasteiger partial charge on any atom is 0.153 e. The first-order chi connectivity index (χ1) is 6.18. The molecule has 0 aromatic heterocycles. The van der Waals surface area contributed by atoms with Gasteiger partial charge >= 0.3 is 0 Å². The zero-order valence-electron chi connectivity index (χ0n) is 7.34. The van der Waals surface area contributed by atoms with E-state index in [1.165, 1.54) is 0 Å². The smallest absolute Gasteiger partial charge is 0.153 e. The van der Waals surface area contributed by atoms with Crippen LogP contribution in [0, 0.1) is 12.7 Å². The fourth-order valence-corrected chi connectivity index (χ4v) is 1.43. The average Bonchev–Trinajstić information content (AvgIpc) is 2.12. The highest BCUT2D eigenvalue weighted by Crippen LogP contribution is 2.23. The first kappa shape index (κ1) is 8.05. The molecular weight excluding hydrogens is 165 g/mol. The van der Waals surface area contributed by atoms with Crippen LogP contribution in [0.1, 0.15) is 5.56 Å². The van der Waals surface area contributed by atoms with Gasteiger partial charge < -0.3 is 5.73 Å². The molecule has 0 heterocycles. The van der Waals surface area contributed by atoms with E-state index in [1.54, 1.807) is 12.1 Å². The average molecular weight is 175 g/mol. The summed E-state index contributed by atoms with van der Waals surface area (Å²) in [5.74, 6) is -0.322. The van der Waals surface area contributed by atoms with Crippen molar-refractivity contribution in [3.8, 4) is 0 Å². The lowest BCUT2D eigenvalue weighted by Crippen LogP contribution is -1.91. The number of hydrogen-bond donors (Lipinski definition) is 1. The van der Waals surface area contributed by atoms with E-state index < -0.39 is 0 Å². The summed E-state index contributed by atoms with van der Waals surface area (Å²) < 4.78 is 13.4. The Labute approximate surface area is 76.0 Å². The second-order valence-corrected chi connectivity index (χ2v) is 3.19. The molecule has 66 valence electrons. The molecular formula is C11H10FN. The highest BCUT2D eigenvalue weighted by molar-refractivity contribution is 5.86. The first-order valence-corrected chi connectivity index (χ1v) is 4.13. The van der Waals surface area contributed by atoms with Gasteiger partial charge in [-0.25, -0.2) is 4.39 Å². The number of nitrogens with two attached hydrogens (primary N) is 1. The normalized spacial score (nSPS) is 10.6. The van der Waals surface area contributed by atoms with Crippen molar-refractivity contribution in [2.75, 3.05) is 5.73 Å². The minimum Gasteiger partial charge on any atom is -0.396 e. The second-order valence-electron chi connectivity index (χ2n) is 3.19. The molecule has 2 aromatic carbocycles. The van der Waals surface area contributed by atoms with Crippen LogP contribution in [0.5, 0.6) is 0 Å². The van der Waals surface area contributed by atoms with Crippen LogP contribution in [0.3, 0.4) is 0 Å². The van der Waals surface area contributed by atoms with Gasteiger partial charge in [0.05, 0.1) is 5.69 Å². The molecule has 0 bridgehead atoms. The summed E-state index contributed by atoms with van der Waals surface area (Å²) in [5, 5.41) is 1.48. The summed E-state index contributed by atoms with van der Waals surface area (Å²) in [6.45, 7) is 1.98. The Morgan fingerprint density at radius 2 is 1.92 bits per heavy atom. The number of anilines is 1. The Hall–Kier alpha value is -1.57. The van der Waals surface area contributed by atoms with E-state index >= 15 is 0 Å². The fourth-order valence-electron chi connectivity index (χ4n) is 1.43. The molecule has 2 N–H and O–H groups in total. The third-order valence-electron chi connectivity index (χ3n) is 2.14. The van der Waals surface area contributed by atoms with Gasteiger partial charge in [0.25, 0.3) is 0 Å². The number of fused-ring (bicyclic) bond motifs is 1. The van der Waals surface area contributed by atoms with Crippen molar-refractivity contribution < 1.29 is 4.39 Å². The van der Waals surface area contributed by atoms with E-state index in [9.17, 15) is 4.39 Å². The molecule has 0 amide bonds. The van der Waals surface area contributed by atoms with Crippen molar-refractivity contribution >= 4 is 16.5 Å². The number of benzene rings is 2. The minimum atomic E-state index is -0.322. The van der Waals surface area contributed by atoms with Crippen LogP contribution in [-0.2, 0) is 0 Å². The van der Waals surface area contributed by atoms with Crippen LogP contribution in [0.4, 0.5) is 10.1 Å². The van der Waals surface area contributed by atoms with Crippen LogP contribution in [0.25, 0.3) is 10.8 Å². The zero-order valence-corrected chi connectivity index (χ0v) is 7.34. The van der Waals surface area contributed by atoms with Gasteiger partial charge in [-0.15, -0.1) is 0 Å². The van der Waals surface area contributed by atoms with E-state index in [2.05, 4.69) is 0 Å². The number of halogens is 1. The van der Waals surface area contributed by atoms with Gasteiger partial charge in [-0.1, -0.05) is 29.8 Å². The Bertz CT molecular complexity index is 463. The van der Waals surface area contributed by atoms with Crippen molar-refractivity contribution in [1.82, 2.24) is 0 Å². The zero-order chi connectivity index (χ0) is 9.42. The van der Waals surface area contributed by atoms with E-state index in [1.807, 2.05) is 25.1 Å². The first-order valence-electron chi connectivity index (χ1n) is 4.13. The van der Waals surface area contributed by atoms with Crippen molar-refractivity contribution in [3.05, 3.63) is 41.7 Å². The third-order valence-corrected chi connectivity index (χ3v) is 2.14. The number of rotatable bonds is 0. The molecule has 2 heteroatoms. The van der Waals surface area contributed by atoms with E-state index in [4.69, 9.17) is 5.73 Å². The molecule has 0 saturated carbocycles. The third kappa shape index (κ3) is 1.24. The predicted molar refractivity (Wildman–Crippen MR) is 53.1 cm³/mol. The molecule has 0 radical (unpaired) electrons. The van der Waals surface area contributed by atoms with Gasteiger partial charge in [0, 0.05) is 5.39 Å². The standard InChI is InChI=1S/C11H10FN/c1-7-2-4-9-8(6-7)3-5-10(13)11(9)12/h2-6H,13H2,1H3. The lowest BCUT2D eigenvalue weighted by atomic mass is 10.1. The summed E-state index contributed by atoms with van der Waals surface area (Å²) in [5.41, 5.74) is 6.78. The van der Waals surface area contributed by atoms with Crippen LogP contribution < -0.4 is 5.73 Å². The Kier molecular flexibility index (Phi) is 1.69. The minimum absolute atomic E-state index is 0.205. The highest BCUT2D eigenvalue weighted by atomic mass is 19.1. The maximum atomic E-state index is 13.4. The molecule has 2 aromatic rings. The number of aryl methyl sites for hydroxylation is 1. The fraction of sp³-hybridized carbons (Fsp3) is 0.0909. The quantitative estimate of drug-likeness (QED) is 0.612. The lowest BCUT2D eigenvalue weighted by molar-refractivity contribution is 0.644.